The van der Waals surface area contributed by atoms with Gasteiger partial charge in [-0.3, -0.25) is 0 Å². The summed E-state index contributed by atoms with van der Waals surface area (Å²) in [6, 6.07) is -0.676. The van der Waals surface area contributed by atoms with Gasteiger partial charge in [0.2, 0.25) is 0 Å². The Bertz CT molecular complexity index is 324. The molecule has 0 saturated heterocycles. The highest BCUT2D eigenvalue weighted by atomic mass is 79.9. The van der Waals surface area contributed by atoms with Crippen LogP contribution in [0.25, 0.3) is 0 Å². The Kier molecular flexibility index (Phi) is 0.977. The fourth-order valence-electron chi connectivity index (χ4n) is 0.407. The first-order valence-corrected chi connectivity index (χ1v) is 3.09. The van der Waals surface area contributed by atoms with Crippen LogP contribution in [0.5, 0.6) is 5.75 Å². The Morgan fingerprint density at radius 1 is 1.67 bits per heavy atom. The van der Waals surface area contributed by atoms with E-state index in [1.165, 1.54) is 7.11 Å². The van der Waals surface area contributed by atoms with Crippen LogP contribution in [-0.2, 0) is 0 Å². The Hall–Kier alpha value is -0.500. The molecular weight excluding hydrogens is 180 g/mol. The van der Waals surface area contributed by atoms with Gasteiger partial charge in [0.1, 0.15) is 5.75 Å². The molecule has 1 rings (SSSR count). The number of methoxy groups -OCH3 is 1. The zero-order valence-corrected chi connectivity index (χ0v) is 6.37. The van der Waals surface area contributed by atoms with Crippen molar-refractivity contribution in [1.29, 1.82) is 0 Å². The molecule has 0 aliphatic carbocycles. The van der Waals surface area contributed by atoms with E-state index >= 15 is 0 Å². The molecule has 0 amide bonds. The molecule has 0 bridgehead atoms. The minimum atomic E-state index is -0.236. The Morgan fingerprint density at radius 2 is 2.44 bits per heavy atom. The summed E-state index contributed by atoms with van der Waals surface area (Å²) in [5.74, 6) is 0.0212. The number of hydrogen-bond acceptors (Lipinski definition) is 1. The zero-order valence-electron chi connectivity index (χ0n) is 8.79. The van der Waals surface area contributed by atoms with Gasteiger partial charge in [0, 0.05) is 4.47 Å². The monoisotopic (exact) mass is 190 g/mol. The number of hydrogen-bond donors (Lipinski definition) is 0. The van der Waals surface area contributed by atoms with E-state index in [0.29, 0.717) is 0 Å². The van der Waals surface area contributed by atoms with E-state index in [9.17, 15) is 0 Å². The van der Waals surface area contributed by atoms with Crippen LogP contribution in [0, 0.1) is 0 Å². The first-order valence-electron chi connectivity index (χ1n) is 4.30. The molecule has 0 fully saturated rings. The summed E-state index contributed by atoms with van der Waals surface area (Å²) < 4.78 is 34.6. The molecule has 2 heteroatoms. The molecule has 0 N–H and O–H groups in total. The van der Waals surface area contributed by atoms with Crippen LogP contribution in [0.4, 0.5) is 0 Å². The number of rotatable bonds is 1. The van der Waals surface area contributed by atoms with E-state index < -0.39 is 0 Å². The summed E-state index contributed by atoms with van der Waals surface area (Å²) in [5, 5.41) is 0. The van der Waals surface area contributed by atoms with Crippen molar-refractivity contribution in [1.82, 2.24) is 0 Å². The highest BCUT2D eigenvalue weighted by Gasteiger charge is 1.88. The van der Waals surface area contributed by atoms with Crippen LogP contribution >= 0.6 is 15.9 Å². The lowest BCUT2D eigenvalue weighted by Gasteiger charge is -1.96. The second-order valence-electron chi connectivity index (χ2n) is 1.35. The third kappa shape index (κ3) is 1.72. The van der Waals surface area contributed by atoms with Crippen molar-refractivity contribution in [2.45, 2.75) is 0 Å². The molecule has 0 unspecified atom stereocenters. The highest BCUT2D eigenvalue weighted by molar-refractivity contribution is 9.10. The van der Waals surface area contributed by atoms with Crippen molar-refractivity contribution in [2.24, 2.45) is 0 Å². The summed E-state index contributed by atoms with van der Waals surface area (Å²) in [4.78, 5) is 0. The van der Waals surface area contributed by atoms with Crippen molar-refractivity contribution < 1.29 is 10.2 Å². The van der Waals surface area contributed by atoms with E-state index in [1.54, 1.807) is 0 Å². The average molecular weight is 191 g/mol. The van der Waals surface area contributed by atoms with Crippen molar-refractivity contribution in [3.63, 3.8) is 0 Å². The molecule has 0 spiro atoms. The van der Waals surface area contributed by atoms with Gasteiger partial charge in [-0.05, 0) is 18.1 Å². The van der Waals surface area contributed by atoms with Gasteiger partial charge in [-0.15, -0.1) is 0 Å². The lowest BCUT2D eigenvalue weighted by Crippen LogP contribution is -1.79. The molecule has 9 heavy (non-hydrogen) atoms. The van der Waals surface area contributed by atoms with Gasteiger partial charge < -0.3 is 4.74 Å². The van der Waals surface area contributed by atoms with E-state index in [4.69, 9.17) is 10.2 Å². The van der Waals surface area contributed by atoms with Gasteiger partial charge in [0.05, 0.1) is 12.6 Å². The largest absolute Gasteiger partial charge is 0.497 e. The van der Waals surface area contributed by atoms with E-state index in [2.05, 4.69) is 15.9 Å². The van der Waals surface area contributed by atoms with Gasteiger partial charge in [-0.1, -0.05) is 22.0 Å². The lowest BCUT2D eigenvalue weighted by molar-refractivity contribution is 0.414. The van der Waals surface area contributed by atoms with Crippen molar-refractivity contribution in [3.05, 3.63) is 28.6 Å². The molecular formula is C7H7BrO. The van der Waals surface area contributed by atoms with E-state index in [-0.39, 0.29) is 34.4 Å². The SMILES string of the molecule is [2H]c1c([2H])c(Br)c([2H])c(OC)c1[2H]. The summed E-state index contributed by atoms with van der Waals surface area (Å²) in [6.45, 7) is 0. The van der Waals surface area contributed by atoms with E-state index in [1.807, 2.05) is 0 Å². The molecule has 1 aromatic rings. The third-order valence-electron chi connectivity index (χ3n) is 0.776. The normalized spacial score (nSPS) is 15.3. The number of ether oxygens (including phenoxy) is 1. The Balaban J connectivity index is 3.56. The van der Waals surface area contributed by atoms with Crippen LogP contribution in [0.1, 0.15) is 5.48 Å². The van der Waals surface area contributed by atoms with Crippen LogP contribution in [0.3, 0.4) is 0 Å². The van der Waals surface area contributed by atoms with Crippen LogP contribution in [0.2, 0.25) is 0 Å². The predicted octanol–water partition coefficient (Wildman–Crippen LogP) is 2.46. The molecule has 0 heterocycles. The minimum absolute atomic E-state index is 0.0212. The highest BCUT2D eigenvalue weighted by Crippen LogP contribution is 2.16. The molecule has 0 saturated carbocycles. The second kappa shape index (κ2) is 2.87. The summed E-state index contributed by atoms with van der Waals surface area (Å²) in [6.07, 6.45) is 0. The molecule has 0 aliphatic rings. The van der Waals surface area contributed by atoms with Crippen molar-refractivity contribution in [2.75, 3.05) is 7.11 Å². The summed E-state index contributed by atoms with van der Waals surface area (Å²) in [5.41, 5.74) is 0. The minimum Gasteiger partial charge on any atom is -0.497 e. The summed E-state index contributed by atoms with van der Waals surface area (Å²) in [7, 11) is 1.33. The lowest BCUT2D eigenvalue weighted by atomic mass is 10.3. The van der Waals surface area contributed by atoms with Gasteiger partial charge in [0.25, 0.3) is 0 Å². The molecule has 0 aliphatic heterocycles. The second-order valence-corrected chi connectivity index (χ2v) is 2.14. The molecule has 1 nitrogen and oxygen atoms in total. The summed E-state index contributed by atoms with van der Waals surface area (Å²) >= 11 is 3.00. The van der Waals surface area contributed by atoms with E-state index in [0.717, 1.165) is 0 Å². The quantitative estimate of drug-likeness (QED) is 0.662. The van der Waals surface area contributed by atoms with Crippen LogP contribution < -0.4 is 4.74 Å². The first-order chi connectivity index (χ1) is 6.00. The van der Waals surface area contributed by atoms with Gasteiger partial charge in [-0.25, -0.2) is 0 Å². The first kappa shape index (κ1) is 3.06. The van der Waals surface area contributed by atoms with Gasteiger partial charge in [0.15, 0.2) is 0 Å². The van der Waals surface area contributed by atoms with Crippen LogP contribution in [-0.4, -0.2) is 7.11 Å². The molecule has 0 atom stereocenters. The predicted molar refractivity (Wildman–Crippen MR) is 40.7 cm³/mol. The fourth-order valence-corrected chi connectivity index (χ4v) is 0.686. The Morgan fingerprint density at radius 3 is 3.11 bits per heavy atom. The maximum atomic E-state index is 7.48. The molecule has 0 radical (unpaired) electrons. The van der Waals surface area contributed by atoms with Gasteiger partial charge in [-0.2, -0.15) is 0 Å². The van der Waals surface area contributed by atoms with Crippen LogP contribution in [0.15, 0.2) is 28.6 Å². The topological polar surface area (TPSA) is 9.23 Å². The number of halogens is 1. The molecule has 1 aromatic carbocycles. The van der Waals surface area contributed by atoms with Crippen molar-refractivity contribution >= 4 is 15.9 Å². The smallest absolute Gasteiger partial charge is 0.119 e. The maximum Gasteiger partial charge on any atom is 0.119 e. The fraction of sp³-hybridized carbons (Fsp3) is 0.143. The number of benzene rings is 1. The van der Waals surface area contributed by atoms with Crippen molar-refractivity contribution in [3.8, 4) is 5.75 Å². The average Bonchev–Trinajstić information content (AvgIpc) is 2.13. The molecule has 48 valence electrons. The maximum absolute atomic E-state index is 7.48. The molecule has 0 aromatic heterocycles. The Labute approximate surface area is 68.4 Å². The zero-order chi connectivity index (χ0) is 10.2. The van der Waals surface area contributed by atoms with Gasteiger partial charge >= 0.3 is 0 Å². The standard InChI is InChI=1S/C7H7BrO/c1-9-7-4-2-3-6(8)5-7/h2-5H,1H3/i2D,3D,4D,5D. The third-order valence-corrected chi connectivity index (χ3v) is 1.17.